The predicted molar refractivity (Wildman–Crippen MR) is 82.7 cm³/mol. The summed E-state index contributed by atoms with van der Waals surface area (Å²) < 4.78 is 18.6. The number of piperidine rings is 1. The van der Waals surface area contributed by atoms with Crippen LogP contribution in [0.25, 0.3) is 0 Å². The smallest absolute Gasteiger partial charge is 0.311 e. The summed E-state index contributed by atoms with van der Waals surface area (Å²) in [4.78, 5) is 25.7. The van der Waals surface area contributed by atoms with E-state index in [1.165, 1.54) is 24.3 Å². The van der Waals surface area contributed by atoms with Crippen LogP contribution in [-0.2, 0) is 9.59 Å². The van der Waals surface area contributed by atoms with Gasteiger partial charge in [-0.1, -0.05) is 0 Å². The van der Waals surface area contributed by atoms with Gasteiger partial charge in [-0.25, -0.2) is 4.39 Å². The monoisotopic (exact) mass is 323 g/mol. The third kappa shape index (κ3) is 3.81. The lowest BCUT2D eigenvalue weighted by Crippen LogP contribution is -2.55. The molecule has 5 nitrogen and oxygen atoms in total. The zero-order valence-corrected chi connectivity index (χ0v) is 13.6. The normalized spacial score (nSPS) is 21.8. The molecule has 6 heteroatoms. The van der Waals surface area contributed by atoms with Crippen LogP contribution in [0.15, 0.2) is 24.3 Å². The standard InChI is InChI=1S/C17H22FNO4/c1-16(2,23-13-7-5-12(18)6-8-13)14(20)19-10-4-9-17(3,11-19)15(21)22/h5-8H,4,9-11H2,1-3H3,(H,21,22). The van der Waals surface area contributed by atoms with Crippen LogP contribution >= 0.6 is 0 Å². The van der Waals surface area contributed by atoms with Crippen molar-refractivity contribution in [3.8, 4) is 5.75 Å². The summed E-state index contributed by atoms with van der Waals surface area (Å²) in [6.45, 7) is 5.59. The summed E-state index contributed by atoms with van der Waals surface area (Å²) in [6.07, 6.45) is 1.19. The molecule has 1 unspecified atom stereocenters. The highest BCUT2D eigenvalue weighted by Gasteiger charge is 2.43. The highest BCUT2D eigenvalue weighted by Crippen LogP contribution is 2.31. The maximum atomic E-state index is 12.9. The van der Waals surface area contributed by atoms with Gasteiger partial charge in [0.25, 0.3) is 5.91 Å². The second-order valence-electron chi connectivity index (χ2n) is 6.76. The number of ether oxygens (including phenoxy) is 1. The van der Waals surface area contributed by atoms with Crippen LogP contribution in [0.4, 0.5) is 4.39 Å². The molecule has 23 heavy (non-hydrogen) atoms. The maximum absolute atomic E-state index is 12.9. The lowest BCUT2D eigenvalue weighted by atomic mass is 9.81. The summed E-state index contributed by atoms with van der Waals surface area (Å²) in [6, 6.07) is 5.44. The molecular formula is C17H22FNO4. The zero-order chi connectivity index (χ0) is 17.3. The van der Waals surface area contributed by atoms with Gasteiger partial charge in [0.15, 0.2) is 5.60 Å². The van der Waals surface area contributed by atoms with Crippen molar-refractivity contribution in [1.29, 1.82) is 0 Å². The molecule has 0 saturated carbocycles. The Hall–Kier alpha value is -2.11. The Morgan fingerprint density at radius 2 is 1.91 bits per heavy atom. The van der Waals surface area contributed by atoms with E-state index < -0.39 is 17.0 Å². The number of carbonyl (C=O) groups excluding carboxylic acids is 1. The number of likely N-dealkylation sites (tertiary alicyclic amines) is 1. The first kappa shape index (κ1) is 17.2. The molecule has 1 atom stereocenters. The first-order chi connectivity index (χ1) is 10.6. The van der Waals surface area contributed by atoms with Crippen molar-refractivity contribution >= 4 is 11.9 Å². The van der Waals surface area contributed by atoms with Gasteiger partial charge >= 0.3 is 5.97 Å². The molecule has 126 valence electrons. The Morgan fingerprint density at radius 3 is 2.48 bits per heavy atom. The van der Waals surface area contributed by atoms with Gasteiger partial charge in [-0.3, -0.25) is 9.59 Å². The molecule has 1 aliphatic heterocycles. The van der Waals surface area contributed by atoms with Crippen LogP contribution < -0.4 is 4.74 Å². The number of halogens is 1. The molecule has 0 spiro atoms. The van der Waals surface area contributed by atoms with E-state index in [-0.39, 0.29) is 18.3 Å². The number of carboxylic acids is 1. The van der Waals surface area contributed by atoms with Crippen molar-refractivity contribution in [3.63, 3.8) is 0 Å². The molecule has 1 saturated heterocycles. The van der Waals surface area contributed by atoms with Gasteiger partial charge in [-0.15, -0.1) is 0 Å². The molecule has 1 aliphatic rings. The number of carboxylic acid groups (broad SMARTS) is 1. The lowest BCUT2D eigenvalue weighted by Gasteiger charge is -2.40. The molecule has 1 amide bonds. The number of benzene rings is 1. The van der Waals surface area contributed by atoms with E-state index in [2.05, 4.69) is 0 Å². The number of hydrogen-bond acceptors (Lipinski definition) is 3. The minimum atomic E-state index is -1.16. The Morgan fingerprint density at radius 1 is 1.30 bits per heavy atom. The Bertz CT molecular complexity index is 599. The highest BCUT2D eigenvalue weighted by atomic mass is 19.1. The average molecular weight is 323 g/mol. The maximum Gasteiger partial charge on any atom is 0.311 e. The molecule has 1 aromatic carbocycles. The molecule has 2 rings (SSSR count). The van der Waals surface area contributed by atoms with Crippen molar-refractivity contribution in [3.05, 3.63) is 30.1 Å². The summed E-state index contributed by atoms with van der Waals surface area (Å²) in [5, 5.41) is 9.36. The van der Waals surface area contributed by atoms with E-state index in [4.69, 9.17) is 4.74 Å². The Balaban J connectivity index is 2.11. The summed E-state index contributed by atoms with van der Waals surface area (Å²) in [5.74, 6) is -1.15. The quantitative estimate of drug-likeness (QED) is 0.925. The van der Waals surface area contributed by atoms with Crippen molar-refractivity contribution in [2.45, 2.75) is 39.2 Å². The second-order valence-corrected chi connectivity index (χ2v) is 6.76. The third-order valence-electron chi connectivity index (χ3n) is 4.20. The van der Waals surface area contributed by atoms with E-state index in [1.54, 1.807) is 25.7 Å². The van der Waals surface area contributed by atoms with Gasteiger partial charge in [-0.2, -0.15) is 0 Å². The van der Waals surface area contributed by atoms with Gasteiger partial charge < -0.3 is 14.7 Å². The Kier molecular flexibility index (Phi) is 4.63. The molecule has 1 heterocycles. The first-order valence-electron chi connectivity index (χ1n) is 7.61. The minimum Gasteiger partial charge on any atom is -0.481 e. The van der Waals surface area contributed by atoms with Crippen molar-refractivity contribution in [2.24, 2.45) is 5.41 Å². The Labute approximate surface area is 135 Å². The molecule has 1 aromatic rings. The predicted octanol–water partition coefficient (Wildman–Crippen LogP) is 2.70. The molecule has 0 bridgehead atoms. The van der Waals surface area contributed by atoms with E-state index in [9.17, 15) is 19.1 Å². The lowest BCUT2D eigenvalue weighted by molar-refractivity contribution is -0.158. The number of amides is 1. The molecular weight excluding hydrogens is 301 g/mol. The van der Waals surface area contributed by atoms with Gasteiger partial charge in [0.1, 0.15) is 11.6 Å². The van der Waals surface area contributed by atoms with Crippen molar-refractivity contribution < 1.29 is 23.8 Å². The van der Waals surface area contributed by atoms with Gasteiger partial charge in [-0.05, 0) is 57.9 Å². The molecule has 0 radical (unpaired) electrons. The summed E-state index contributed by atoms with van der Waals surface area (Å²) >= 11 is 0. The van der Waals surface area contributed by atoms with Gasteiger partial charge in [0, 0.05) is 13.1 Å². The summed E-state index contributed by atoms with van der Waals surface area (Å²) in [7, 11) is 0. The van der Waals surface area contributed by atoms with E-state index >= 15 is 0 Å². The molecule has 1 N–H and O–H groups in total. The molecule has 1 fully saturated rings. The van der Waals surface area contributed by atoms with E-state index in [0.717, 1.165) is 0 Å². The van der Waals surface area contributed by atoms with E-state index in [1.807, 2.05) is 0 Å². The number of hydrogen-bond donors (Lipinski definition) is 1. The van der Waals surface area contributed by atoms with Crippen LogP contribution in [0.1, 0.15) is 33.6 Å². The largest absolute Gasteiger partial charge is 0.481 e. The topological polar surface area (TPSA) is 66.8 Å². The average Bonchev–Trinajstić information content (AvgIpc) is 2.48. The van der Waals surface area contributed by atoms with Crippen LogP contribution in [0.3, 0.4) is 0 Å². The SMILES string of the molecule is CC1(C(=O)O)CCCN(C(=O)C(C)(C)Oc2ccc(F)cc2)C1. The fraction of sp³-hybridized carbons (Fsp3) is 0.529. The zero-order valence-electron chi connectivity index (χ0n) is 13.6. The number of carbonyl (C=O) groups is 2. The first-order valence-corrected chi connectivity index (χ1v) is 7.61. The van der Waals surface area contributed by atoms with Crippen LogP contribution in [0.5, 0.6) is 5.75 Å². The number of aliphatic carboxylic acids is 1. The summed E-state index contributed by atoms with van der Waals surface area (Å²) in [5.41, 5.74) is -2.09. The second kappa shape index (κ2) is 6.18. The van der Waals surface area contributed by atoms with Crippen LogP contribution in [-0.4, -0.2) is 40.6 Å². The third-order valence-corrected chi connectivity index (χ3v) is 4.20. The van der Waals surface area contributed by atoms with Crippen LogP contribution in [0.2, 0.25) is 0 Å². The van der Waals surface area contributed by atoms with Crippen molar-refractivity contribution in [2.75, 3.05) is 13.1 Å². The van der Waals surface area contributed by atoms with Crippen LogP contribution in [0, 0.1) is 11.2 Å². The van der Waals surface area contributed by atoms with Crippen molar-refractivity contribution in [1.82, 2.24) is 4.90 Å². The minimum absolute atomic E-state index is 0.164. The molecule has 0 aliphatic carbocycles. The molecule has 0 aromatic heterocycles. The van der Waals surface area contributed by atoms with Gasteiger partial charge in [0.2, 0.25) is 0 Å². The fourth-order valence-corrected chi connectivity index (χ4v) is 2.81. The number of nitrogens with zero attached hydrogens (tertiary/aromatic N) is 1. The fourth-order valence-electron chi connectivity index (χ4n) is 2.81. The van der Waals surface area contributed by atoms with Gasteiger partial charge in [0.05, 0.1) is 5.41 Å². The number of rotatable bonds is 4. The van der Waals surface area contributed by atoms with E-state index in [0.29, 0.717) is 25.1 Å². The highest BCUT2D eigenvalue weighted by molar-refractivity contribution is 5.86.